The van der Waals surface area contributed by atoms with Crippen molar-refractivity contribution in [1.82, 2.24) is 0 Å². The van der Waals surface area contributed by atoms with E-state index in [0.29, 0.717) is 0 Å². The molecule has 0 radical (unpaired) electrons. The lowest BCUT2D eigenvalue weighted by Gasteiger charge is -2.23. The molecule has 0 fully saturated rings. The summed E-state index contributed by atoms with van der Waals surface area (Å²) in [4.78, 5) is 0. The molecule has 0 aromatic heterocycles. The first-order valence-electron chi connectivity index (χ1n) is 2.39. The summed E-state index contributed by atoms with van der Waals surface area (Å²) in [6, 6.07) is 0. The molecule has 1 atom stereocenters. The van der Waals surface area contributed by atoms with Crippen LogP contribution in [0.4, 0.5) is 0 Å². The summed E-state index contributed by atoms with van der Waals surface area (Å²) in [5, 5.41) is 25.6. The molecule has 0 bridgehead atoms. The van der Waals surface area contributed by atoms with Crippen molar-refractivity contribution >= 4 is 25.3 Å². The van der Waals surface area contributed by atoms with Crippen LogP contribution in [-0.2, 0) is 0 Å². The maximum atomic E-state index is 8.82. The van der Waals surface area contributed by atoms with E-state index in [1.54, 1.807) is 0 Å². The van der Waals surface area contributed by atoms with E-state index in [4.69, 9.17) is 15.3 Å². The Kier molecular flexibility index (Phi) is 3.91. The molecule has 0 rings (SSSR count). The Morgan fingerprint density at radius 2 is 1.78 bits per heavy atom. The van der Waals surface area contributed by atoms with Gasteiger partial charge in [0.25, 0.3) is 0 Å². The van der Waals surface area contributed by atoms with Crippen molar-refractivity contribution in [3.63, 3.8) is 0 Å². The van der Waals surface area contributed by atoms with Gasteiger partial charge in [-0.15, -0.1) is 0 Å². The third-order valence-corrected chi connectivity index (χ3v) is 1.82. The van der Waals surface area contributed by atoms with Crippen molar-refractivity contribution < 1.29 is 15.3 Å². The first-order valence-corrected chi connectivity index (χ1v) is 3.28. The van der Waals surface area contributed by atoms with Gasteiger partial charge in [0.15, 0.2) is 0 Å². The number of aliphatic hydroxyl groups excluding tert-OH is 3. The van der Waals surface area contributed by atoms with Crippen molar-refractivity contribution in [2.24, 2.45) is 0 Å². The van der Waals surface area contributed by atoms with Gasteiger partial charge in [-0.05, 0) is 0 Å². The summed E-state index contributed by atoms with van der Waals surface area (Å²) in [6.07, 6.45) is -1.10. The molecule has 0 unspecified atom stereocenters. The zero-order chi connectivity index (χ0) is 7.49. The maximum absolute atomic E-state index is 8.82. The Balaban J connectivity index is 3.80. The second-order valence-electron chi connectivity index (χ2n) is 1.74. The van der Waals surface area contributed by atoms with Gasteiger partial charge in [-0.1, -0.05) is 0 Å². The minimum Gasteiger partial charge on any atom is -0.394 e. The molecule has 0 aromatic carbocycles. The Bertz CT molecular complexity index is 85.9. The highest BCUT2D eigenvalue weighted by Gasteiger charge is 2.28. The number of rotatable bonds is 3. The lowest BCUT2D eigenvalue weighted by Crippen LogP contribution is -2.37. The number of aliphatic hydroxyl groups is 3. The topological polar surface area (TPSA) is 60.7 Å². The molecule has 0 amide bonds. The predicted octanol–water partition coefficient (Wildman–Crippen LogP) is -1.11. The van der Waals surface area contributed by atoms with E-state index in [9.17, 15) is 0 Å². The van der Waals surface area contributed by atoms with Crippen LogP contribution in [0.2, 0.25) is 0 Å². The molecule has 0 saturated carbocycles. The highest BCUT2D eigenvalue weighted by molar-refractivity contribution is 8.00. The third-order valence-electron chi connectivity index (χ3n) is 0.939. The lowest BCUT2D eigenvalue weighted by atomic mass is 10.2. The summed E-state index contributed by atoms with van der Waals surface area (Å²) in [5.41, 5.74) is 0. The van der Waals surface area contributed by atoms with Crippen molar-refractivity contribution in [2.75, 3.05) is 13.2 Å². The van der Waals surface area contributed by atoms with Gasteiger partial charge in [0.05, 0.1) is 13.2 Å². The van der Waals surface area contributed by atoms with Gasteiger partial charge in [-0.3, -0.25) is 0 Å². The molecule has 0 saturated heterocycles. The number of thiol groups is 2. The van der Waals surface area contributed by atoms with Gasteiger partial charge < -0.3 is 15.3 Å². The Hall–Kier alpha value is 0.580. The van der Waals surface area contributed by atoms with E-state index < -0.39 is 16.8 Å². The van der Waals surface area contributed by atoms with E-state index in [-0.39, 0.29) is 6.61 Å². The minimum absolute atomic E-state index is 0.388. The molecule has 56 valence electrons. The van der Waals surface area contributed by atoms with Crippen LogP contribution in [0.15, 0.2) is 0 Å². The molecule has 9 heavy (non-hydrogen) atoms. The van der Waals surface area contributed by atoms with Crippen molar-refractivity contribution in [2.45, 2.75) is 10.2 Å². The molecule has 0 aromatic rings. The predicted molar refractivity (Wildman–Crippen MR) is 40.9 cm³/mol. The van der Waals surface area contributed by atoms with Crippen molar-refractivity contribution in [3.8, 4) is 0 Å². The Morgan fingerprint density at radius 3 is 1.89 bits per heavy atom. The molecule has 3 nitrogen and oxygen atoms in total. The van der Waals surface area contributed by atoms with Crippen LogP contribution < -0.4 is 0 Å². The van der Waals surface area contributed by atoms with E-state index in [1.807, 2.05) is 0 Å². The van der Waals surface area contributed by atoms with Crippen LogP contribution in [-0.4, -0.2) is 38.7 Å². The van der Waals surface area contributed by atoms with E-state index in [2.05, 4.69) is 25.3 Å². The van der Waals surface area contributed by atoms with E-state index in [0.717, 1.165) is 0 Å². The monoisotopic (exact) mass is 170 g/mol. The fraction of sp³-hybridized carbons (Fsp3) is 1.00. The van der Waals surface area contributed by atoms with Crippen molar-refractivity contribution in [3.05, 3.63) is 0 Å². The summed E-state index contributed by atoms with van der Waals surface area (Å²) in [7, 11) is 0. The first-order chi connectivity index (χ1) is 4.04. The summed E-state index contributed by atoms with van der Waals surface area (Å²) in [6.45, 7) is -0.839. The molecule has 0 aliphatic heterocycles. The fourth-order valence-corrected chi connectivity index (χ4v) is 0.415. The molecule has 0 aliphatic carbocycles. The molecule has 3 N–H and O–H groups in total. The average molecular weight is 170 g/mol. The van der Waals surface area contributed by atoms with Gasteiger partial charge in [0.1, 0.15) is 10.2 Å². The fourth-order valence-electron chi connectivity index (χ4n) is 0.252. The summed E-state index contributed by atoms with van der Waals surface area (Å²) < 4.78 is -1.20. The van der Waals surface area contributed by atoms with Gasteiger partial charge >= 0.3 is 0 Å². The van der Waals surface area contributed by atoms with Gasteiger partial charge in [-0.25, -0.2) is 0 Å². The van der Waals surface area contributed by atoms with Crippen LogP contribution >= 0.6 is 25.3 Å². The SMILES string of the molecule is OC[C@@H](O)C(S)(S)CO. The Labute approximate surface area is 64.5 Å². The van der Waals surface area contributed by atoms with Crippen LogP contribution in [0.3, 0.4) is 0 Å². The lowest BCUT2D eigenvalue weighted by molar-refractivity contribution is 0.0695. The molecule has 0 aliphatic rings. The average Bonchev–Trinajstić information content (AvgIpc) is 1.86. The second kappa shape index (κ2) is 3.68. The first kappa shape index (κ1) is 9.58. The molecular formula is C4H10O3S2. The number of hydrogen-bond acceptors (Lipinski definition) is 5. The number of hydrogen-bond donors (Lipinski definition) is 5. The Morgan fingerprint density at radius 1 is 1.33 bits per heavy atom. The summed E-state index contributed by atoms with van der Waals surface area (Å²) in [5.74, 6) is 0. The van der Waals surface area contributed by atoms with E-state index in [1.165, 1.54) is 0 Å². The van der Waals surface area contributed by atoms with E-state index >= 15 is 0 Å². The normalized spacial score (nSPS) is 15.7. The van der Waals surface area contributed by atoms with Crippen LogP contribution in [0.1, 0.15) is 0 Å². The van der Waals surface area contributed by atoms with Crippen LogP contribution in [0.5, 0.6) is 0 Å². The zero-order valence-corrected chi connectivity index (χ0v) is 6.52. The largest absolute Gasteiger partial charge is 0.394 e. The smallest absolute Gasteiger partial charge is 0.106 e. The standard InChI is InChI=1S/C4H10O3S2/c5-1-3(7)4(8,9)2-6/h3,5-9H,1-2H2/t3-/m1/s1. The highest BCUT2D eigenvalue weighted by atomic mass is 32.2. The molecule has 0 heterocycles. The third kappa shape index (κ3) is 2.77. The summed E-state index contributed by atoms with van der Waals surface area (Å²) >= 11 is 7.53. The van der Waals surface area contributed by atoms with Crippen LogP contribution in [0.25, 0.3) is 0 Å². The molecule has 0 spiro atoms. The van der Waals surface area contributed by atoms with Crippen molar-refractivity contribution in [1.29, 1.82) is 0 Å². The quantitative estimate of drug-likeness (QED) is 0.276. The van der Waals surface area contributed by atoms with Gasteiger partial charge in [0, 0.05) is 0 Å². The molecular weight excluding hydrogens is 160 g/mol. The second-order valence-corrected chi connectivity index (χ2v) is 3.68. The highest BCUT2D eigenvalue weighted by Crippen LogP contribution is 2.22. The molecule has 5 heteroatoms. The van der Waals surface area contributed by atoms with Gasteiger partial charge in [0.2, 0.25) is 0 Å². The van der Waals surface area contributed by atoms with Gasteiger partial charge in [-0.2, -0.15) is 25.3 Å². The van der Waals surface area contributed by atoms with Crippen LogP contribution in [0, 0.1) is 0 Å². The zero-order valence-electron chi connectivity index (χ0n) is 4.73. The minimum atomic E-state index is -1.20. The maximum Gasteiger partial charge on any atom is 0.106 e.